The van der Waals surface area contributed by atoms with Crippen molar-refractivity contribution < 1.29 is 14.3 Å². The molecule has 10 heteroatoms. The van der Waals surface area contributed by atoms with E-state index in [0.717, 1.165) is 51.7 Å². The van der Waals surface area contributed by atoms with Gasteiger partial charge in [0, 0.05) is 48.5 Å². The molecule has 5 aromatic rings. The highest BCUT2D eigenvalue weighted by molar-refractivity contribution is 5.95. The van der Waals surface area contributed by atoms with Crippen LogP contribution in [0.5, 0.6) is 11.6 Å². The van der Waals surface area contributed by atoms with Gasteiger partial charge in [-0.05, 0) is 82.9 Å². The molecule has 1 atom stereocenters. The number of anilines is 1. The van der Waals surface area contributed by atoms with Gasteiger partial charge in [0.05, 0.1) is 23.1 Å². The van der Waals surface area contributed by atoms with Gasteiger partial charge in [0.1, 0.15) is 11.4 Å². The van der Waals surface area contributed by atoms with Gasteiger partial charge in [0.2, 0.25) is 11.8 Å². The summed E-state index contributed by atoms with van der Waals surface area (Å²) in [5, 5.41) is 9.93. The van der Waals surface area contributed by atoms with Crippen molar-refractivity contribution in [2.24, 2.45) is 0 Å². The van der Waals surface area contributed by atoms with E-state index in [9.17, 15) is 4.79 Å². The van der Waals surface area contributed by atoms with Crippen LogP contribution in [0.25, 0.3) is 27.7 Å². The average Bonchev–Trinajstić information content (AvgIpc) is 3.44. The zero-order chi connectivity index (χ0) is 30.8. The first kappa shape index (κ1) is 29.1. The van der Waals surface area contributed by atoms with E-state index in [4.69, 9.17) is 14.5 Å². The molecule has 0 saturated carbocycles. The number of aryl methyl sites for hydroxylation is 2. The number of ether oxygens (including phenoxy) is 2. The molecule has 3 aromatic heterocycles. The monoisotopic (exact) mass is 591 g/mol. The number of rotatable bonds is 6. The number of benzene rings is 2. The fourth-order valence-electron chi connectivity index (χ4n) is 5.41. The van der Waals surface area contributed by atoms with Crippen LogP contribution in [0.4, 0.5) is 10.7 Å². The van der Waals surface area contributed by atoms with Crippen LogP contribution >= 0.6 is 0 Å². The third-order valence-corrected chi connectivity index (χ3v) is 7.45. The summed E-state index contributed by atoms with van der Waals surface area (Å²) in [5.41, 5.74) is 3.93. The highest BCUT2D eigenvalue weighted by atomic mass is 16.6. The molecule has 1 fully saturated rings. The van der Waals surface area contributed by atoms with Crippen molar-refractivity contribution in [2.75, 3.05) is 18.4 Å². The van der Waals surface area contributed by atoms with Crippen LogP contribution in [0.1, 0.15) is 44.7 Å². The van der Waals surface area contributed by atoms with Crippen molar-refractivity contribution in [2.45, 2.75) is 59.1 Å². The molecular formula is C34H37N7O3. The third-order valence-electron chi connectivity index (χ3n) is 7.45. The zero-order valence-corrected chi connectivity index (χ0v) is 25.7. The van der Waals surface area contributed by atoms with Gasteiger partial charge in [0.25, 0.3) is 0 Å². The largest absolute Gasteiger partial charge is 0.444 e. The van der Waals surface area contributed by atoms with Crippen LogP contribution in [0, 0.1) is 13.8 Å². The Bertz CT molecular complexity index is 1810. The number of amides is 1. The SMILES string of the molecule is Cc1cnn(-c2cccc3c(Oc4ncccc4-c4ccnc(N[C@H]5CCCN(C(=O)OC(C)(C)C)C5)n4)c(C)ccc23)c1. The van der Waals surface area contributed by atoms with E-state index in [1.165, 1.54) is 0 Å². The summed E-state index contributed by atoms with van der Waals surface area (Å²) in [5.74, 6) is 1.65. The van der Waals surface area contributed by atoms with E-state index in [2.05, 4.69) is 44.6 Å². The third kappa shape index (κ3) is 6.34. The maximum atomic E-state index is 12.7. The number of carbonyl (C=O) groups is 1. The predicted octanol–water partition coefficient (Wildman–Crippen LogP) is 7.10. The minimum absolute atomic E-state index is 0.00207. The fraction of sp³-hybridized carbons (Fsp3) is 0.324. The van der Waals surface area contributed by atoms with Crippen LogP contribution in [-0.2, 0) is 4.74 Å². The Hall–Kier alpha value is -4.99. The molecule has 0 aliphatic carbocycles. The van der Waals surface area contributed by atoms with Crippen LogP contribution in [0.15, 0.2) is 73.3 Å². The Morgan fingerprint density at radius 3 is 2.66 bits per heavy atom. The van der Waals surface area contributed by atoms with E-state index in [1.54, 1.807) is 17.3 Å². The van der Waals surface area contributed by atoms with Crippen LogP contribution < -0.4 is 10.1 Å². The minimum atomic E-state index is -0.538. The second-order valence-electron chi connectivity index (χ2n) is 12.2. The molecule has 226 valence electrons. The minimum Gasteiger partial charge on any atom is -0.444 e. The molecule has 6 rings (SSSR count). The van der Waals surface area contributed by atoms with Gasteiger partial charge in [-0.1, -0.05) is 24.3 Å². The molecule has 0 radical (unpaired) electrons. The molecule has 1 saturated heterocycles. The molecule has 4 heterocycles. The number of pyridine rings is 1. The lowest BCUT2D eigenvalue weighted by molar-refractivity contribution is 0.0206. The van der Waals surface area contributed by atoms with Crippen molar-refractivity contribution >= 4 is 22.8 Å². The van der Waals surface area contributed by atoms with Gasteiger partial charge in [-0.15, -0.1) is 0 Å². The van der Waals surface area contributed by atoms with Gasteiger partial charge < -0.3 is 19.7 Å². The second kappa shape index (κ2) is 11.9. The number of nitrogens with zero attached hydrogens (tertiary/aromatic N) is 6. The van der Waals surface area contributed by atoms with Crippen LogP contribution in [0.2, 0.25) is 0 Å². The number of aromatic nitrogens is 5. The molecule has 10 nitrogen and oxygen atoms in total. The molecule has 0 spiro atoms. The molecule has 1 N–H and O–H groups in total. The van der Waals surface area contributed by atoms with Gasteiger partial charge in [0.15, 0.2) is 0 Å². The normalized spacial score (nSPS) is 15.3. The molecule has 1 amide bonds. The lowest BCUT2D eigenvalue weighted by atomic mass is 10.0. The lowest BCUT2D eigenvalue weighted by Crippen LogP contribution is -2.47. The van der Waals surface area contributed by atoms with Crippen molar-refractivity contribution in [3.8, 4) is 28.6 Å². The molecule has 0 unspecified atom stereocenters. The summed E-state index contributed by atoms with van der Waals surface area (Å²) in [6.45, 7) is 10.9. The Kier molecular flexibility index (Phi) is 7.90. The van der Waals surface area contributed by atoms with E-state index < -0.39 is 5.60 Å². The molecule has 2 aromatic carbocycles. The maximum Gasteiger partial charge on any atom is 0.410 e. The highest BCUT2D eigenvalue weighted by Gasteiger charge is 2.28. The van der Waals surface area contributed by atoms with E-state index in [1.807, 2.05) is 76.0 Å². The Morgan fingerprint density at radius 2 is 1.86 bits per heavy atom. The number of hydrogen-bond acceptors (Lipinski definition) is 8. The van der Waals surface area contributed by atoms with E-state index in [-0.39, 0.29) is 12.1 Å². The van der Waals surface area contributed by atoms with Crippen LogP contribution in [-0.4, -0.2) is 60.5 Å². The molecule has 1 aliphatic heterocycles. The van der Waals surface area contributed by atoms with E-state index >= 15 is 0 Å². The number of likely N-dealkylation sites (tertiary alicyclic amines) is 1. The number of hydrogen-bond donors (Lipinski definition) is 1. The standard InChI is InChI=1S/C34H37N7O3/c1-22-19-37-41(20-22)29-12-6-10-26-25(29)14-13-23(2)30(26)43-31-27(11-7-16-35-31)28-15-17-36-32(39-28)38-24-9-8-18-40(21-24)33(42)44-34(3,4)5/h6-7,10-17,19-20,24H,8-9,18,21H2,1-5H3,(H,36,38,39)/t24-/m0/s1. The quantitative estimate of drug-likeness (QED) is 0.223. The highest BCUT2D eigenvalue weighted by Crippen LogP contribution is 2.38. The zero-order valence-electron chi connectivity index (χ0n) is 25.7. The Labute approximate surface area is 257 Å². The van der Waals surface area contributed by atoms with Crippen LogP contribution in [0.3, 0.4) is 0 Å². The first-order valence-corrected chi connectivity index (χ1v) is 14.9. The first-order valence-electron chi connectivity index (χ1n) is 14.9. The second-order valence-corrected chi connectivity index (χ2v) is 12.2. The summed E-state index contributed by atoms with van der Waals surface area (Å²) in [6.07, 6.45) is 8.75. The first-order chi connectivity index (χ1) is 21.1. The summed E-state index contributed by atoms with van der Waals surface area (Å²) >= 11 is 0. The molecule has 0 bridgehead atoms. The number of carbonyl (C=O) groups excluding carboxylic acids is 1. The summed E-state index contributed by atoms with van der Waals surface area (Å²) in [6, 6.07) is 15.9. The van der Waals surface area contributed by atoms with Crippen molar-refractivity contribution in [1.82, 2.24) is 29.6 Å². The van der Waals surface area contributed by atoms with Gasteiger partial charge in [-0.2, -0.15) is 5.10 Å². The predicted molar refractivity (Wildman–Crippen MR) is 170 cm³/mol. The smallest absolute Gasteiger partial charge is 0.410 e. The Morgan fingerprint density at radius 1 is 1.00 bits per heavy atom. The van der Waals surface area contributed by atoms with Crippen molar-refractivity contribution in [3.63, 3.8) is 0 Å². The topological polar surface area (TPSA) is 107 Å². The summed E-state index contributed by atoms with van der Waals surface area (Å²) in [4.78, 5) is 28.3. The van der Waals surface area contributed by atoms with Crippen molar-refractivity contribution in [1.29, 1.82) is 0 Å². The van der Waals surface area contributed by atoms with Gasteiger partial charge in [-0.25, -0.2) is 24.4 Å². The molecule has 1 aliphatic rings. The van der Waals surface area contributed by atoms with Gasteiger partial charge >= 0.3 is 6.09 Å². The number of piperidine rings is 1. The number of fused-ring (bicyclic) bond motifs is 1. The molecule has 44 heavy (non-hydrogen) atoms. The van der Waals surface area contributed by atoms with Gasteiger partial charge in [-0.3, -0.25) is 0 Å². The lowest BCUT2D eigenvalue weighted by Gasteiger charge is -2.34. The fourth-order valence-corrected chi connectivity index (χ4v) is 5.41. The van der Waals surface area contributed by atoms with Crippen molar-refractivity contribution in [3.05, 3.63) is 84.4 Å². The van der Waals surface area contributed by atoms with E-state index in [0.29, 0.717) is 30.6 Å². The summed E-state index contributed by atoms with van der Waals surface area (Å²) in [7, 11) is 0. The molecular weight excluding hydrogens is 554 g/mol. The Balaban J connectivity index is 1.26. The average molecular weight is 592 g/mol. The number of nitrogens with one attached hydrogen (secondary N) is 1. The maximum absolute atomic E-state index is 12.7. The summed E-state index contributed by atoms with van der Waals surface area (Å²) < 4.78 is 14.1.